The molecule has 82 heavy (non-hydrogen) atoms. The maximum absolute atomic E-state index is 13.4. The van der Waals surface area contributed by atoms with Gasteiger partial charge in [-0.1, -0.05) is 36.4 Å². The van der Waals surface area contributed by atoms with Gasteiger partial charge < -0.3 is 75.0 Å². The summed E-state index contributed by atoms with van der Waals surface area (Å²) in [5.41, 5.74) is 11.5. The van der Waals surface area contributed by atoms with Crippen LogP contribution in [0.15, 0.2) is 115 Å². The molecule has 10 rings (SSSR count). The molecule has 4 aliphatic heterocycles. The number of esters is 2. The first-order valence-electron chi connectivity index (χ1n) is 25.1. The van der Waals surface area contributed by atoms with Crippen molar-refractivity contribution in [3.8, 4) is 23.0 Å². The lowest BCUT2D eigenvalue weighted by atomic mass is 9.95. The van der Waals surface area contributed by atoms with Gasteiger partial charge in [0, 0.05) is 21.6 Å². The summed E-state index contributed by atoms with van der Waals surface area (Å²) in [5, 5.41) is 34.2. The average Bonchev–Trinajstić information content (AvgIpc) is 4.09. The number of hydrogen-bond donors (Lipinski definition) is 7. The number of benzene rings is 4. The molecule has 0 spiro atoms. The maximum Gasteiger partial charge on any atom is 0.379 e. The largest absolute Gasteiger partial charge is 0.490 e. The third-order valence-corrected chi connectivity index (χ3v) is 17.3. The van der Waals surface area contributed by atoms with Gasteiger partial charge in [0.2, 0.25) is 35.1 Å². The number of carbonyl (C=O) groups is 8. The second-order valence-corrected chi connectivity index (χ2v) is 24.1. The molecule has 4 aliphatic rings. The SMILES string of the molecule is CC1(C)SC2C(NC(=O)C(N)c3ccc(OC(=O)c4cc(=O)c5c(OCC(O)COc6cccc7oc(C(=O)Oc8ccc(C(N)C(=O)NC9C(=O)N%10C9SC(C)(C)C%10C(=O)O)cc8)cc(=O)c67)cccc5o4)cc3)C(=O)N2C1C(=O)O. The zero-order valence-electron chi connectivity index (χ0n) is 43.6. The van der Waals surface area contributed by atoms with E-state index in [4.69, 9.17) is 39.2 Å². The number of aliphatic hydroxyl groups is 1. The average molecular weight is 1160 g/mol. The number of aliphatic hydroxyl groups excluding tert-OH is 1. The van der Waals surface area contributed by atoms with Crippen molar-refractivity contribution in [1.29, 1.82) is 0 Å². The van der Waals surface area contributed by atoms with Gasteiger partial charge >= 0.3 is 23.9 Å². The molecule has 9 N–H and O–H groups in total. The Morgan fingerprint density at radius 2 is 0.963 bits per heavy atom. The van der Waals surface area contributed by atoms with Crippen molar-refractivity contribution < 1.29 is 81.5 Å². The highest BCUT2D eigenvalue weighted by molar-refractivity contribution is 8.02. The van der Waals surface area contributed by atoms with Gasteiger partial charge in [0.15, 0.2) is 10.9 Å². The predicted molar refractivity (Wildman–Crippen MR) is 290 cm³/mol. The molecule has 4 amide bonds. The number of thioether (sulfide) groups is 2. The normalized spacial score (nSPS) is 22.1. The molecule has 27 heteroatoms. The molecule has 426 valence electrons. The minimum absolute atomic E-state index is 0.00520. The number of nitrogens with one attached hydrogen (secondary N) is 2. The van der Waals surface area contributed by atoms with E-state index in [0.29, 0.717) is 11.1 Å². The third-order valence-electron chi connectivity index (χ3n) is 14.1. The van der Waals surface area contributed by atoms with Gasteiger partial charge in [0.25, 0.3) is 0 Å². The fraction of sp³-hybridized carbons (Fsp3) is 0.309. The highest BCUT2D eigenvalue weighted by Crippen LogP contribution is 2.52. The molecule has 0 radical (unpaired) electrons. The topological polar surface area (TPSA) is 377 Å². The van der Waals surface area contributed by atoms with Crippen LogP contribution >= 0.6 is 23.5 Å². The van der Waals surface area contributed by atoms with E-state index in [1.807, 2.05) is 0 Å². The monoisotopic (exact) mass is 1160 g/mol. The molecular formula is C55H50N6O19S2. The molecule has 6 aromatic rings. The number of fused-ring (bicyclic) bond motifs is 4. The van der Waals surface area contributed by atoms with Crippen LogP contribution in [-0.4, -0.2) is 136 Å². The number of aliphatic carboxylic acids is 2. The second kappa shape index (κ2) is 21.6. The molecule has 8 atom stereocenters. The number of carboxylic acids is 2. The number of amides is 4. The summed E-state index contributed by atoms with van der Waals surface area (Å²) in [4.78, 5) is 131. The standard InChI is InChI=1S/C55H50N6O19S2/c1-54(2)42(50(69)70)60-46(67)40(48(60)81-54)58-44(65)38(56)23-11-15-26(16-12-23)77-52(73)34-19-28(63)36-30(7-5-9-32(36)79-34)75-21-25(62)22-76-31-8-6-10-33-37(31)29(64)20-35(80-33)53(74)78-27-17-13-24(14-18-27)39(57)45(66)59-41-47(68)61-43(51(71)72)55(3,4)82-49(41)61/h5-20,25,38-43,48-49,62H,21-22,56-57H2,1-4H3,(H,58,65)(H,59,66)(H,69,70)(H,71,72). The molecule has 8 unspecified atom stereocenters. The zero-order chi connectivity index (χ0) is 58.9. The van der Waals surface area contributed by atoms with Crippen LogP contribution in [0.25, 0.3) is 21.9 Å². The summed E-state index contributed by atoms with van der Waals surface area (Å²) in [7, 11) is 0. The van der Waals surface area contributed by atoms with E-state index in [2.05, 4.69) is 10.6 Å². The fourth-order valence-corrected chi connectivity index (χ4v) is 13.3. The van der Waals surface area contributed by atoms with Gasteiger partial charge in [0.1, 0.15) is 111 Å². The molecule has 4 saturated heterocycles. The Labute approximate surface area is 471 Å². The maximum atomic E-state index is 13.4. The highest BCUT2D eigenvalue weighted by Gasteiger charge is 2.65. The molecule has 6 heterocycles. The van der Waals surface area contributed by atoms with Gasteiger partial charge in [-0.15, -0.1) is 23.5 Å². The molecular weight excluding hydrogens is 1110 g/mol. The zero-order valence-corrected chi connectivity index (χ0v) is 45.2. The number of ether oxygens (including phenoxy) is 4. The second-order valence-electron chi connectivity index (χ2n) is 20.5. The minimum Gasteiger partial charge on any atom is -0.490 e. The van der Waals surface area contributed by atoms with E-state index in [1.165, 1.54) is 118 Å². The van der Waals surface area contributed by atoms with Gasteiger partial charge in [-0.2, -0.15) is 0 Å². The van der Waals surface area contributed by atoms with E-state index in [9.17, 15) is 63.3 Å². The van der Waals surface area contributed by atoms with Crippen LogP contribution in [-0.2, 0) is 28.8 Å². The Bertz CT molecular complexity index is 3530. The highest BCUT2D eigenvalue weighted by atomic mass is 32.2. The van der Waals surface area contributed by atoms with Crippen LogP contribution in [0.4, 0.5) is 0 Å². The molecule has 0 bridgehead atoms. The summed E-state index contributed by atoms with van der Waals surface area (Å²) >= 11 is 2.54. The summed E-state index contributed by atoms with van der Waals surface area (Å²) in [6.07, 6.45) is -1.34. The Kier molecular flexibility index (Phi) is 14.9. The fourth-order valence-electron chi connectivity index (χ4n) is 10.1. The van der Waals surface area contributed by atoms with E-state index >= 15 is 0 Å². The summed E-state index contributed by atoms with van der Waals surface area (Å²) in [6, 6.07) is 15.1. The first-order chi connectivity index (χ1) is 38.8. The number of carbonyl (C=O) groups excluding carboxylic acids is 6. The minimum atomic E-state index is -1.34. The summed E-state index contributed by atoms with van der Waals surface area (Å²) in [5.74, 6) is -7.70. The number of carboxylic acid groups (broad SMARTS) is 2. The van der Waals surface area contributed by atoms with Gasteiger partial charge in [-0.25, -0.2) is 19.2 Å². The van der Waals surface area contributed by atoms with Crippen LogP contribution in [0.2, 0.25) is 0 Å². The Morgan fingerprint density at radius 1 is 0.598 bits per heavy atom. The van der Waals surface area contributed by atoms with Crippen molar-refractivity contribution in [2.75, 3.05) is 13.2 Å². The van der Waals surface area contributed by atoms with Crippen LogP contribution in [0.5, 0.6) is 23.0 Å². The van der Waals surface area contributed by atoms with E-state index < -0.39 is 146 Å². The number of nitrogens with zero attached hydrogens (tertiary/aromatic N) is 2. The van der Waals surface area contributed by atoms with E-state index in [0.717, 1.165) is 12.1 Å². The Hall–Kier alpha value is -8.76. The van der Waals surface area contributed by atoms with Gasteiger partial charge in [-0.3, -0.25) is 28.8 Å². The molecule has 0 aliphatic carbocycles. The van der Waals surface area contributed by atoms with Crippen molar-refractivity contribution in [3.05, 3.63) is 140 Å². The summed E-state index contributed by atoms with van der Waals surface area (Å²) in [6.45, 7) is 6.01. The smallest absolute Gasteiger partial charge is 0.379 e. The van der Waals surface area contributed by atoms with E-state index in [1.54, 1.807) is 27.7 Å². The van der Waals surface area contributed by atoms with Gasteiger partial charge in [-0.05, 0) is 87.4 Å². The lowest BCUT2D eigenvalue weighted by Gasteiger charge is -2.43. The number of hydrogen-bond acceptors (Lipinski definition) is 21. The molecule has 25 nitrogen and oxygen atoms in total. The third kappa shape index (κ3) is 10.5. The lowest BCUT2D eigenvalue weighted by molar-refractivity contribution is -0.161. The predicted octanol–water partition coefficient (Wildman–Crippen LogP) is 2.42. The summed E-state index contributed by atoms with van der Waals surface area (Å²) < 4.78 is 32.3. The van der Waals surface area contributed by atoms with Crippen molar-refractivity contribution in [2.24, 2.45) is 11.5 Å². The van der Waals surface area contributed by atoms with Gasteiger partial charge in [0.05, 0.1) is 0 Å². The van der Waals surface area contributed by atoms with E-state index in [-0.39, 0.29) is 44.9 Å². The molecule has 2 aromatic heterocycles. The van der Waals surface area contributed by atoms with Crippen molar-refractivity contribution >= 4 is 93.0 Å². The molecule has 0 saturated carbocycles. The van der Waals surface area contributed by atoms with Crippen molar-refractivity contribution in [1.82, 2.24) is 20.4 Å². The van der Waals surface area contributed by atoms with Crippen molar-refractivity contribution in [3.63, 3.8) is 0 Å². The molecule has 4 fully saturated rings. The Balaban J connectivity index is 0.703. The first kappa shape index (κ1) is 56.5. The lowest BCUT2D eigenvalue weighted by Crippen LogP contribution is -2.71. The van der Waals surface area contributed by atoms with Crippen LogP contribution in [0.1, 0.15) is 72.0 Å². The van der Waals surface area contributed by atoms with Crippen LogP contribution < -0.4 is 51.9 Å². The van der Waals surface area contributed by atoms with Crippen LogP contribution in [0, 0.1) is 0 Å². The van der Waals surface area contributed by atoms with Crippen molar-refractivity contribution in [2.45, 2.75) is 90.3 Å². The quantitative estimate of drug-likeness (QED) is 0.0369. The first-order valence-corrected chi connectivity index (χ1v) is 26.9. The van der Waals surface area contributed by atoms with Crippen LogP contribution in [0.3, 0.4) is 0 Å². The Morgan fingerprint density at radius 3 is 1.32 bits per heavy atom. The number of β-lactam (4-membered cyclic amide) rings is 2. The number of rotatable bonds is 18. The molecule has 4 aromatic carbocycles. The number of nitrogens with two attached hydrogens (primary N) is 2.